The molecule has 0 saturated carbocycles. The minimum absolute atomic E-state index is 0.948. The Bertz CT molecular complexity index is 322. The highest BCUT2D eigenvalue weighted by atomic mass is 15.2. The number of nitrogens with one attached hydrogen (secondary N) is 1. The zero-order chi connectivity index (χ0) is 12.1. The molecule has 0 unspecified atom stereocenters. The van der Waals surface area contributed by atoms with E-state index in [2.05, 4.69) is 50.2 Å². The Morgan fingerprint density at radius 1 is 1.12 bits per heavy atom. The number of benzene rings is 1. The van der Waals surface area contributed by atoms with Crippen molar-refractivity contribution >= 4 is 0 Å². The summed E-state index contributed by atoms with van der Waals surface area (Å²) in [7, 11) is 4.13. The molecule has 0 aromatic heterocycles. The Labute approximate surface area is 99.7 Å². The van der Waals surface area contributed by atoms with Crippen molar-refractivity contribution in [1.82, 2.24) is 10.2 Å². The lowest BCUT2D eigenvalue weighted by molar-refractivity contribution is 0.321. The summed E-state index contributed by atoms with van der Waals surface area (Å²) in [6, 6.07) is 4.56. The first-order valence-electron chi connectivity index (χ1n) is 5.94. The van der Waals surface area contributed by atoms with E-state index in [0.29, 0.717) is 0 Å². The zero-order valence-electron chi connectivity index (χ0n) is 11.2. The lowest BCUT2D eigenvalue weighted by Gasteiger charge is -2.18. The summed E-state index contributed by atoms with van der Waals surface area (Å²) < 4.78 is 0. The van der Waals surface area contributed by atoms with Crippen LogP contribution < -0.4 is 5.32 Å². The van der Waals surface area contributed by atoms with Gasteiger partial charge in [0, 0.05) is 13.2 Å². The molecule has 0 radical (unpaired) electrons. The molecule has 0 saturated heterocycles. The minimum Gasteiger partial charge on any atom is -0.307 e. The fraction of sp³-hybridized carbons (Fsp3) is 0.571. The largest absolute Gasteiger partial charge is 0.307 e. The molecule has 2 nitrogen and oxygen atoms in total. The van der Waals surface area contributed by atoms with E-state index in [-0.39, 0.29) is 0 Å². The van der Waals surface area contributed by atoms with Gasteiger partial charge in [-0.3, -0.25) is 4.90 Å². The predicted molar refractivity (Wildman–Crippen MR) is 70.9 cm³/mol. The molecule has 0 fully saturated rings. The first kappa shape index (κ1) is 13.2. The topological polar surface area (TPSA) is 15.3 Å². The average molecular weight is 220 g/mol. The van der Waals surface area contributed by atoms with Gasteiger partial charge in [-0.05, 0) is 58.0 Å². The zero-order valence-corrected chi connectivity index (χ0v) is 11.2. The lowest BCUT2D eigenvalue weighted by atomic mass is 9.97. The molecule has 0 amide bonds. The van der Waals surface area contributed by atoms with Crippen LogP contribution in [0.4, 0.5) is 0 Å². The number of hydrogen-bond acceptors (Lipinski definition) is 2. The maximum absolute atomic E-state index is 3.17. The second kappa shape index (κ2) is 6.02. The summed E-state index contributed by atoms with van der Waals surface area (Å²) in [5, 5.41) is 3.17. The van der Waals surface area contributed by atoms with E-state index in [0.717, 1.165) is 19.6 Å². The third-order valence-electron chi connectivity index (χ3n) is 3.01. The standard InChI is InChI=1S/C14H24N2/c1-11-8-12(2)14(13(3)9-11)6-7-16(5)10-15-4/h8-9,15H,6-7,10H2,1-5H3. The Balaban J connectivity index is 2.67. The van der Waals surface area contributed by atoms with Gasteiger partial charge in [-0.1, -0.05) is 17.7 Å². The quantitative estimate of drug-likeness (QED) is 0.766. The van der Waals surface area contributed by atoms with Gasteiger partial charge in [0.25, 0.3) is 0 Å². The summed E-state index contributed by atoms with van der Waals surface area (Å²) in [5.41, 5.74) is 5.72. The third kappa shape index (κ3) is 3.62. The Morgan fingerprint density at radius 3 is 2.19 bits per heavy atom. The second-order valence-corrected chi connectivity index (χ2v) is 4.72. The van der Waals surface area contributed by atoms with Crippen molar-refractivity contribution in [3.8, 4) is 0 Å². The number of nitrogens with zero attached hydrogens (tertiary/aromatic N) is 1. The average Bonchev–Trinajstić information content (AvgIpc) is 2.16. The predicted octanol–water partition coefficient (Wildman–Crippen LogP) is 2.26. The van der Waals surface area contributed by atoms with Crippen LogP contribution in [0.25, 0.3) is 0 Å². The van der Waals surface area contributed by atoms with Crippen molar-refractivity contribution in [1.29, 1.82) is 0 Å². The van der Waals surface area contributed by atoms with Gasteiger partial charge in [0.05, 0.1) is 0 Å². The van der Waals surface area contributed by atoms with Crippen molar-refractivity contribution < 1.29 is 0 Å². The molecule has 0 bridgehead atoms. The number of aryl methyl sites for hydroxylation is 3. The number of rotatable bonds is 5. The normalized spacial score (nSPS) is 11.1. The molecule has 0 aliphatic rings. The van der Waals surface area contributed by atoms with E-state index in [9.17, 15) is 0 Å². The Morgan fingerprint density at radius 2 is 1.69 bits per heavy atom. The van der Waals surface area contributed by atoms with Crippen LogP contribution in [0.15, 0.2) is 12.1 Å². The number of likely N-dealkylation sites (N-methyl/N-ethyl adjacent to an activating group) is 1. The summed E-state index contributed by atoms with van der Waals surface area (Å²) in [6.45, 7) is 8.65. The molecular formula is C14H24N2. The molecule has 90 valence electrons. The molecule has 0 aliphatic heterocycles. The maximum atomic E-state index is 3.17. The highest BCUT2D eigenvalue weighted by Crippen LogP contribution is 2.16. The number of hydrogen-bond donors (Lipinski definition) is 1. The molecular weight excluding hydrogens is 196 g/mol. The van der Waals surface area contributed by atoms with Gasteiger partial charge in [-0.15, -0.1) is 0 Å². The van der Waals surface area contributed by atoms with Crippen molar-refractivity contribution in [3.63, 3.8) is 0 Å². The summed E-state index contributed by atoms with van der Waals surface area (Å²) >= 11 is 0. The van der Waals surface area contributed by atoms with Gasteiger partial charge < -0.3 is 5.32 Å². The molecule has 1 rings (SSSR count). The molecule has 1 aromatic rings. The molecule has 0 spiro atoms. The van der Waals surface area contributed by atoms with Gasteiger partial charge in [-0.2, -0.15) is 0 Å². The lowest BCUT2D eigenvalue weighted by Crippen LogP contribution is -2.30. The molecule has 2 heteroatoms. The van der Waals surface area contributed by atoms with Gasteiger partial charge in [0.15, 0.2) is 0 Å². The van der Waals surface area contributed by atoms with E-state index >= 15 is 0 Å². The van der Waals surface area contributed by atoms with Crippen LogP contribution in [0.1, 0.15) is 22.3 Å². The summed E-state index contributed by atoms with van der Waals surface area (Å²) in [5.74, 6) is 0. The van der Waals surface area contributed by atoms with Gasteiger partial charge in [-0.25, -0.2) is 0 Å². The molecule has 1 N–H and O–H groups in total. The molecule has 0 aliphatic carbocycles. The van der Waals surface area contributed by atoms with Gasteiger partial charge in [0.2, 0.25) is 0 Å². The van der Waals surface area contributed by atoms with Crippen LogP contribution >= 0.6 is 0 Å². The monoisotopic (exact) mass is 220 g/mol. The third-order valence-corrected chi connectivity index (χ3v) is 3.01. The van der Waals surface area contributed by atoms with E-state index in [1.165, 1.54) is 22.3 Å². The first-order valence-corrected chi connectivity index (χ1v) is 5.94. The van der Waals surface area contributed by atoms with Crippen LogP contribution in [-0.2, 0) is 6.42 Å². The minimum atomic E-state index is 0.948. The van der Waals surface area contributed by atoms with Crippen molar-refractivity contribution in [3.05, 3.63) is 34.4 Å². The van der Waals surface area contributed by atoms with Gasteiger partial charge >= 0.3 is 0 Å². The van der Waals surface area contributed by atoms with Gasteiger partial charge in [0.1, 0.15) is 0 Å². The van der Waals surface area contributed by atoms with Crippen LogP contribution in [0.3, 0.4) is 0 Å². The van der Waals surface area contributed by atoms with E-state index in [4.69, 9.17) is 0 Å². The van der Waals surface area contributed by atoms with Crippen LogP contribution in [-0.4, -0.2) is 32.2 Å². The highest BCUT2D eigenvalue weighted by molar-refractivity contribution is 5.37. The van der Waals surface area contributed by atoms with E-state index in [1.807, 2.05) is 7.05 Å². The molecule has 0 atom stereocenters. The summed E-state index contributed by atoms with van der Waals surface area (Å²) in [4.78, 5) is 2.30. The Kier molecular flexibility index (Phi) is 4.97. The smallest absolute Gasteiger partial charge is 0.0475 e. The fourth-order valence-electron chi connectivity index (χ4n) is 2.26. The van der Waals surface area contributed by atoms with E-state index in [1.54, 1.807) is 0 Å². The first-order chi connectivity index (χ1) is 7.54. The van der Waals surface area contributed by atoms with Crippen molar-refractivity contribution in [2.24, 2.45) is 0 Å². The molecule has 1 aromatic carbocycles. The van der Waals surface area contributed by atoms with Crippen molar-refractivity contribution in [2.75, 3.05) is 27.3 Å². The summed E-state index contributed by atoms with van der Waals surface area (Å²) in [6.07, 6.45) is 1.14. The van der Waals surface area contributed by atoms with Crippen LogP contribution in [0.2, 0.25) is 0 Å². The molecule has 0 heterocycles. The highest BCUT2D eigenvalue weighted by Gasteiger charge is 2.05. The van der Waals surface area contributed by atoms with Crippen LogP contribution in [0.5, 0.6) is 0 Å². The maximum Gasteiger partial charge on any atom is 0.0475 e. The molecule has 16 heavy (non-hydrogen) atoms. The van der Waals surface area contributed by atoms with E-state index < -0.39 is 0 Å². The van der Waals surface area contributed by atoms with Crippen molar-refractivity contribution in [2.45, 2.75) is 27.2 Å². The fourth-order valence-corrected chi connectivity index (χ4v) is 2.26. The SMILES string of the molecule is CNCN(C)CCc1c(C)cc(C)cc1C. The van der Waals surface area contributed by atoms with Crippen LogP contribution in [0, 0.1) is 20.8 Å². The Hall–Kier alpha value is -0.860. The second-order valence-electron chi connectivity index (χ2n) is 4.72.